The van der Waals surface area contributed by atoms with Crippen LogP contribution in [-0.2, 0) is 0 Å². The fraction of sp³-hybridized carbons (Fsp3) is 0.200. The van der Waals surface area contributed by atoms with E-state index in [1.807, 2.05) is 65.7 Å². The number of ether oxygens (including phenoxy) is 3. The molecule has 0 N–H and O–H groups in total. The van der Waals surface area contributed by atoms with Gasteiger partial charge in [0.2, 0.25) is 4.80 Å². The molecular weight excluding hydrogens is 422 g/mol. The van der Waals surface area contributed by atoms with Gasteiger partial charge in [0.05, 0.1) is 33.2 Å². The highest BCUT2D eigenvalue weighted by Gasteiger charge is 2.14. The number of hydrogen-bond donors (Lipinski definition) is 0. The second-order valence-corrected chi connectivity index (χ2v) is 7.74. The van der Waals surface area contributed by atoms with Crippen molar-refractivity contribution in [2.45, 2.75) is 6.92 Å². The van der Waals surface area contributed by atoms with Crippen molar-refractivity contribution in [3.05, 3.63) is 70.3 Å². The van der Waals surface area contributed by atoms with Crippen molar-refractivity contribution >= 4 is 28.3 Å². The third kappa shape index (κ3) is 4.11. The lowest BCUT2D eigenvalue weighted by Gasteiger charge is -2.11. The van der Waals surface area contributed by atoms with Crippen LogP contribution in [0.3, 0.4) is 0 Å². The summed E-state index contributed by atoms with van der Waals surface area (Å²) in [5, 5.41) is 9.08. The minimum Gasteiger partial charge on any atom is -0.497 e. The first kappa shape index (κ1) is 21.6. The minimum atomic E-state index is 0.655. The number of methoxy groups -OCH3 is 3. The van der Waals surface area contributed by atoms with Gasteiger partial charge in [-0.3, -0.25) is 4.99 Å². The van der Waals surface area contributed by atoms with Crippen LogP contribution in [0.2, 0.25) is 0 Å². The Labute approximate surface area is 191 Å². The van der Waals surface area contributed by atoms with Crippen molar-refractivity contribution in [2.75, 3.05) is 27.9 Å². The van der Waals surface area contributed by atoms with E-state index in [1.54, 1.807) is 21.3 Å². The second-order valence-electron chi connectivity index (χ2n) is 6.90. The fourth-order valence-electron chi connectivity index (χ4n) is 3.56. The van der Waals surface area contributed by atoms with Crippen LogP contribution in [0, 0.1) is 0 Å². The molecule has 32 heavy (non-hydrogen) atoms. The summed E-state index contributed by atoms with van der Waals surface area (Å²) in [4.78, 5) is 5.43. The van der Waals surface area contributed by atoms with Gasteiger partial charge in [-0.1, -0.05) is 30.3 Å². The van der Waals surface area contributed by atoms with Crippen molar-refractivity contribution in [3.8, 4) is 28.5 Å². The number of hydrogen-bond acceptors (Lipinski definition) is 6. The zero-order chi connectivity index (χ0) is 22.5. The van der Waals surface area contributed by atoms with E-state index in [0.717, 1.165) is 49.6 Å². The highest BCUT2D eigenvalue weighted by molar-refractivity contribution is 7.07. The monoisotopic (exact) mass is 447 g/mol. The Bertz CT molecular complexity index is 1340. The molecule has 1 aromatic heterocycles. The molecule has 0 fully saturated rings. The SMILES string of the molecule is CCN=c1scc(-c2cc(OC)ccc2OC)n1N=Cc1c(OC)ccc2ccccc12. The molecular formula is C25H25N3O3S. The van der Waals surface area contributed by atoms with E-state index < -0.39 is 0 Å². The van der Waals surface area contributed by atoms with Crippen molar-refractivity contribution in [3.63, 3.8) is 0 Å². The molecule has 0 atom stereocenters. The normalized spacial score (nSPS) is 11.9. The smallest absolute Gasteiger partial charge is 0.206 e. The fourth-order valence-corrected chi connectivity index (χ4v) is 4.45. The summed E-state index contributed by atoms with van der Waals surface area (Å²) in [7, 11) is 4.98. The third-order valence-corrected chi connectivity index (χ3v) is 5.97. The Hall–Kier alpha value is -3.58. The minimum absolute atomic E-state index is 0.655. The summed E-state index contributed by atoms with van der Waals surface area (Å²) in [5.74, 6) is 2.24. The van der Waals surface area contributed by atoms with E-state index in [0.29, 0.717) is 6.54 Å². The number of thiazole rings is 1. The van der Waals surface area contributed by atoms with Crippen LogP contribution < -0.4 is 19.0 Å². The van der Waals surface area contributed by atoms with Gasteiger partial charge in [-0.15, -0.1) is 11.3 Å². The second kappa shape index (κ2) is 9.70. The number of nitrogens with zero attached hydrogens (tertiary/aromatic N) is 3. The molecule has 0 amide bonds. The molecule has 164 valence electrons. The molecule has 1 heterocycles. The molecule has 6 nitrogen and oxygen atoms in total. The van der Waals surface area contributed by atoms with Crippen LogP contribution in [0.25, 0.3) is 22.0 Å². The topological polar surface area (TPSA) is 57.3 Å². The van der Waals surface area contributed by atoms with E-state index in [-0.39, 0.29) is 0 Å². The average molecular weight is 448 g/mol. The molecule has 4 aromatic rings. The third-order valence-electron chi connectivity index (χ3n) is 5.11. The predicted molar refractivity (Wildman–Crippen MR) is 130 cm³/mol. The van der Waals surface area contributed by atoms with Crippen LogP contribution in [0.15, 0.2) is 70.1 Å². The first-order valence-electron chi connectivity index (χ1n) is 10.2. The molecule has 0 spiro atoms. The van der Waals surface area contributed by atoms with Crippen LogP contribution >= 0.6 is 11.3 Å². The summed E-state index contributed by atoms with van der Waals surface area (Å²) in [6.45, 7) is 2.66. The molecule has 4 rings (SSSR count). The Morgan fingerprint density at radius 1 is 0.938 bits per heavy atom. The van der Waals surface area contributed by atoms with Gasteiger partial charge in [-0.2, -0.15) is 5.10 Å². The summed E-state index contributed by atoms with van der Waals surface area (Å²) in [5.41, 5.74) is 2.66. The van der Waals surface area contributed by atoms with Crippen molar-refractivity contribution in [2.24, 2.45) is 10.1 Å². The molecule has 0 saturated carbocycles. The lowest BCUT2D eigenvalue weighted by atomic mass is 10.0. The summed E-state index contributed by atoms with van der Waals surface area (Å²) in [6, 6.07) is 17.9. The molecule has 3 aromatic carbocycles. The first-order chi connectivity index (χ1) is 15.7. The maximum atomic E-state index is 5.62. The van der Waals surface area contributed by atoms with Crippen molar-refractivity contribution < 1.29 is 14.2 Å². The molecule has 0 aliphatic heterocycles. The van der Waals surface area contributed by atoms with E-state index in [1.165, 1.54) is 11.3 Å². The maximum absolute atomic E-state index is 5.62. The molecule has 0 radical (unpaired) electrons. The van der Waals surface area contributed by atoms with Gasteiger partial charge in [0.1, 0.15) is 17.2 Å². The van der Waals surface area contributed by atoms with E-state index in [9.17, 15) is 0 Å². The molecule has 7 heteroatoms. The average Bonchev–Trinajstić information content (AvgIpc) is 3.24. The van der Waals surface area contributed by atoms with Gasteiger partial charge in [-0.25, -0.2) is 4.68 Å². The highest BCUT2D eigenvalue weighted by atomic mass is 32.1. The van der Waals surface area contributed by atoms with Gasteiger partial charge < -0.3 is 14.2 Å². The summed E-state index contributed by atoms with van der Waals surface area (Å²) < 4.78 is 18.5. The molecule has 0 aliphatic carbocycles. The number of aromatic nitrogens is 1. The zero-order valence-corrected chi connectivity index (χ0v) is 19.3. The van der Waals surface area contributed by atoms with Gasteiger partial charge in [0, 0.05) is 23.1 Å². The number of rotatable bonds is 7. The van der Waals surface area contributed by atoms with Gasteiger partial charge >= 0.3 is 0 Å². The number of benzene rings is 3. The Balaban J connectivity index is 1.92. The standard InChI is InChI=1S/C25H25N3O3S/c1-5-26-25-28(22(16-32-25)20-14-18(29-2)11-13-23(20)30-3)27-15-21-19-9-7-6-8-17(19)10-12-24(21)31-4/h6-16H,5H2,1-4H3. The van der Waals surface area contributed by atoms with Gasteiger partial charge in [0.25, 0.3) is 0 Å². The molecule has 0 unspecified atom stereocenters. The van der Waals surface area contributed by atoms with Crippen LogP contribution in [0.4, 0.5) is 0 Å². The molecule has 0 saturated heterocycles. The van der Waals surface area contributed by atoms with E-state index in [4.69, 9.17) is 19.3 Å². The molecule has 0 bridgehead atoms. The van der Waals surface area contributed by atoms with Crippen molar-refractivity contribution in [1.82, 2.24) is 4.68 Å². The van der Waals surface area contributed by atoms with Crippen LogP contribution in [-0.4, -0.2) is 38.8 Å². The summed E-state index contributed by atoms with van der Waals surface area (Å²) in [6.07, 6.45) is 1.83. The van der Waals surface area contributed by atoms with Crippen molar-refractivity contribution in [1.29, 1.82) is 0 Å². The first-order valence-corrected chi connectivity index (χ1v) is 11.1. The quantitative estimate of drug-likeness (QED) is 0.366. The largest absolute Gasteiger partial charge is 0.497 e. The Morgan fingerprint density at radius 2 is 1.72 bits per heavy atom. The number of fused-ring (bicyclic) bond motifs is 1. The Morgan fingerprint density at radius 3 is 2.47 bits per heavy atom. The predicted octanol–water partition coefficient (Wildman–Crippen LogP) is 5.20. The highest BCUT2D eigenvalue weighted by Crippen LogP contribution is 2.34. The maximum Gasteiger partial charge on any atom is 0.206 e. The molecule has 0 aliphatic rings. The van der Waals surface area contributed by atoms with Gasteiger partial charge in [-0.05, 0) is 42.0 Å². The van der Waals surface area contributed by atoms with Gasteiger partial charge in [0.15, 0.2) is 0 Å². The Kier molecular flexibility index (Phi) is 6.56. The lowest BCUT2D eigenvalue weighted by molar-refractivity contribution is 0.404. The van der Waals surface area contributed by atoms with E-state index in [2.05, 4.69) is 17.1 Å². The summed E-state index contributed by atoms with van der Waals surface area (Å²) >= 11 is 1.53. The van der Waals surface area contributed by atoms with E-state index >= 15 is 0 Å². The lowest BCUT2D eigenvalue weighted by Crippen LogP contribution is -2.13. The van der Waals surface area contributed by atoms with Crippen LogP contribution in [0.1, 0.15) is 12.5 Å². The van der Waals surface area contributed by atoms with Crippen LogP contribution in [0.5, 0.6) is 17.2 Å². The zero-order valence-electron chi connectivity index (χ0n) is 18.5.